The Kier molecular flexibility index (Phi) is 3.66. The molecule has 0 bridgehead atoms. The molecule has 0 aliphatic carbocycles. The molecule has 3 rings (SSSR count). The molecule has 4 nitrogen and oxygen atoms in total. The highest BCUT2D eigenvalue weighted by atomic mass is 16.1. The van der Waals surface area contributed by atoms with Crippen LogP contribution in [0.5, 0.6) is 0 Å². The number of fused-ring (bicyclic) bond motifs is 1. The van der Waals surface area contributed by atoms with E-state index in [9.17, 15) is 4.79 Å². The number of carbonyl (C=O) groups excluding carboxylic acids is 1. The lowest BCUT2D eigenvalue weighted by atomic mass is 10.0. The van der Waals surface area contributed by atoms with Crippen LogP contribution in [0.15, 0.2) is 12.1 Å². The number of nitrogens with zero attached hydrogens (tertiary/aromatic N) is 2. The lowest BCUT2D eigenvalue weighted by Gasteiger charge is -2.44. The third-order valence-electron chi connectivity index (χ3n) is 5.01. The van der Waals surface area contributed by atoms with Gasteiger partial charge in [0.2, 0.25) is 0 Å². The van der Waals surface area contributed by atoms with Crippen molar-refractivity contribution in [1.29, 1.82) is 0 Å². The van der Waals surface area contributed by atoms with Gasteiger partial charge in [-0.1, -0.05) is 0 Å². The first-order chi connectivity index (χ1) is 9.97. The van der Waals surface area contributed by atoms with Gasteiger partial charge in [-0.3, -0.25) is 9.69 Å². The van der Waals surface area contributed by atoms with Gasteiger partial charge in [-0.25, -0.2) is 0 Å². The van der Waals surface area contributed by atoms with Gasteiger partial charge in [0.1, 0.15) is 0 Å². The van der Waals surface area contributed by atoms with Crippen LogP contribution < -0.4 is 10.2 Å². The third kappa shape index (κ3) is 2.53. The van der Waals surface area contributed by atoms with E-state index in [0.717, 1.165) is 37.3 Å². The SMILES string of the molecule is CC(=O)c1cc2c(cc1N1CC(C)N(C)C(C)C1)NCC2. The van der Waals surface area contributed by atoms with Crippen LogP contribution in [0.4, 0.5) is 11.4 Å². The molecule has 0 radical (unpaired) electrons. The number of likely N-dealkylation sites (N-methyl/N-ethyl adjacent to an activating group) is 1. The molecule has 2 atom stereocenters. The maximum absolute atomic E-state index is 12.1. The third-order valence-corrected chi connectivity index (χ3v) is 5.01. The van der Waals surface area contributed by atoms with Crippen molar-refractivity contribution in [2.75, 3.05) is 36.9 Å². The first kappa shape index (κ1) is 14.4. The summed E-state index contributed by atoms with van der Waals surface area (Å²) in [5.41, 5.74) is 4.46. The number of ketones is 1. The molecule has 0 spiro atoms. The van der Waals surface area contributed by atoms with E-state index >= 15 is 0 Å². The fourth-order valence-electron chi connectivity index (χ4n) is 3.48. The molecule has 0 aromatic heterocycles. The summed E-state index contributed by atoms with van der Waals surface area (Å²) in [6.07, 6.45) is 1.02. The van der Waals surface area contributed by atoms with Crippen molar-refractivity contribution in [3.63, 3.8) is 0 Å². The lowest BCUT2D eigenvalue weighted by Crippen LogP contribution is -2.55. The minimum absolute atomic E-state index is 0.166. The molecule has 0 saturated carbocycles. The zero-order valence-corrected chi connectivity index (χ0v) is 13.4. The predicted molar refractivity (Wildman–Crippen MR) is 87.5 cm³/mol. The Labute approximate surface area is 127 Å². The van der Waals surface area contributed by atoms with Crippen LogP contribution in [0.2, 0.25) is 0 Å². The Balaban J connectivity index is 1.99. The van der Waals surface area contributed by atoms with Crippen LogP contribution in [0.3, 0.4) is 0 Å². The van der Waals surface area contributed by atoms with Crippen LogP contribution in [-0.4, -0.2) is 49.4 Å². The molecule has 21 heavy (non-hydrogen) atoms. The smallest absolute Gasteiger partial charge is 0.161 e. The summed E-state index contributed by atoms with van der Waals surface area (Å²) in [5, 5.41) is 3.43. The first-order valence-corrected chi connectivity index (χ1v) is 7.86. The zero-order chi connectivity index (χ0) is 15.1. The highest BCUT2D eigenvalue weighted by Crippen LogP contribution is 2.33. The molecular weight excluding hydrogens is 262 g/mol. The maximum Gasteiger partial charge on any atom is 0.161 e. The van der Waals surface area contributed by atoms with Crippen LogP contribution >= 0.6 is 0 Å². The number of Topliss-reactive ketones (excluding diaryl/α,β-unsaturated/α-hetero) is 1. The number of hydrogen-bond donors (Lipinski definition) is 1. The zero-order valence-electron chi connectivity index (χ0n) is 13.4. The topological polar surface area (TPSA) is 35.6 Å². The Morgan fingerprint density at radius 3 is 2.52 bits per heavy atom. The van der Waals surface area contributed by atoms with E-state index in [1.165, 1.54) is 11.3 Å². The number of carbonyl (C=O) groups is 1. The molecule has 1 aromatic rings. The number of rotatable bonds is 2. The number of hydrogen-bond acceptors (Lipinski definition) is 4. The van der Waals surface area contributed by atoms with E-state index in [2.05, 4.69) is 48.1 Å². The van der Waals surface area contributed by atoms with Crippen molar-refractivity contribution in [2.24, 2.45) is 0 Å². The summed E-state index contributed by atoms with van der Waals surface area (Å²) >= 11 is 0. The van der Waals surface area contributed by atoms with E-state index in [-0.39, 0.29) is 5.78 Å². The van der Waals surface area contributed by atoms with E-state index in [4.69, 9.17) is 0 Å². The maximum atomic E-state index is 12.1. The molecule has 0 amide bonds. The molecule has 2 aliphatic rings. The van der Waals surface area contributed by atoms with Crippen LogP contribution in [0.1, 0.15) is 36.7 Å². The van der Waals surface area contributed by atoms with Crippen molar-refractivity contribution < 1.29 is 4.79 Å². The normalized spacial score (nSPS) is 25.6. The lowest BCUT2D eigenvalue weighted by molar-refractivity contribution is 0.101. The van der Waals surface area contributed by atoms with Crippen molar-refractivity contribution in [3.8, 4) is 0 Å². The van der Waals surface area contributed by atoms with Gasteiger partial charge in [0.15, 0.2) is 5.78 Å². The van der Waals surface area contributed by atoms with E-state index in [0.29, 0.717) is 12.1 Å². The van der Waals surface area contributed by atoms with E-state index in [1.807, 2.05) is 0 Å². The molecule has 2 heterocycles. The summed E-state index contributed by atoms with van der Waals surface area (Å²) in [6, 6.07) is 5.27. The molecule has 1 fully saturated rings. The second-order valence-electron chi connectivity index (χ2n) is 6.53. The molecular formula is C17H25N3O. The van der Waals surface area contributed by atoms with Crippen LogP contribution in [-0.2, 0) is 6.42 Å². The monoisotopic (exact) mass is 287 g/mol. The fourth-order valence-corrected chi connectivity index (χ4v) is 3.48. The predicted octanol–water partition coefficient (Wildman–Crippen LogP) is 2.39. The molecule has 114 valence electrons. The summed E-state index contributed by atoms with van der Waals surface area (Å²) < 4.78 is 0. The number of nitrogens with one attached hydrogen (secondary N) is 1. The fraction of sp³-hybridized carbons (Fsp3) is 0.588. The van der Waals surface area contributed by atoms with E-state index in [1.54, 1.807) is 6.92 Å². The highest BCUT2D eigenvalue weighted by molar-refractivity contribution is 6.01. The van der Waals surface area contributed by atoms with Gasteiger partial charge in [0, 0.05) is 48.7 Å². The number of anilines is 2. The summed E-state index contributed by atoms with van der Waals surface area (Å²) in [7, 11) is 2.18. The minimum Gasteiger partial charge on any atom is -0.384 e. The van der Waals surface area contributed by atoms with Gasteiger partial charge in [0.05, 0.1) is 0 Å². The summed E-state index contributed by atoms with van der Waals surface area (Å²) in [5.74, 6) is 0.166. The van der Waals surface area contributed by atoms with Gasteiger partial charge in [-0.2, -0.15) is 0 Å². The number of piperazine rings is 1. The van der Waals surface area contributed by atoms with E-state index < -0.39 is 0 Å². The molecule has 1 saturated heterocycles. The second-order valence-corrected chi connectivity index (χ2v) is 6.53. The quantitative estimate of drug-likeness (QED) is 0.847. The second kappa shape index (κ2) is 5.34. The largest absolute Gasteiger partial charge is 0.384 e. The van der Waals surface area contributed by atoms with Gasteiger partial charge < -0.3 is 10.2 Å². The van der Waals surface area contributed by atoms with Gasteiger partial charge in [-0.05, 0) is 51.9 Å². The van der Waals surface area contributed by atoms with Crippen LogP contribution in [0.25, 0.3) is 0 Å². The van der Waals surface area contributed by atoms with Crippen molar-refractivity contribution in [2.45, 2.75) is 39.3 Å². The molecule has 2 unspecified atom stereocenters. The van der Waals surface area contributed by atoms with Crippen molar-refractivity contribution >= 4 is 17.2 Å². The summed E-state index contributed by atoms with van der Waals surface area (Å²) in [6.45, 7) is 9.10. The Hall–Kier alpha value is -1.55. The average Bonchev–Trinajstić information content (AvgIpc) is 2.90. The Bertz CT molecular complexity index is 557. The van der Waals surface area contributed by atoms with Gasteiger partial charge in [0.25, 0.3) is 0 Å². The Morgan fingerprint density at radius 2 is 1.90 bits per heavy atom. The van der Waals surface area contributed by atoms with Crippen LogP contribution in [0, 0.1) is 0 Å². The molecule has 1 aromatic carbocycles. The average molecular weight is 287 g/mol. The first-order valence-electron chi connectivity index (χ1n) is 7.86. The number of benzene rings is 1. The molecule has 4 heteroatoms. The minimum atomic E-state index is 0.166. The standard InChI is InChI=1S/C17H25N3O/c1-11-9-20(10-12(2)19(11)4)17-8-16-14(5-6-18-16)7-15(17)13(3)21/h7-8,11-12,18H,5-6,9-10H2,1-4H3. The van der Waals surface area contributed by atoms with Crippen molar-refractivity contribution in [1.82, 2.24) is 4.90 Å². The van der Waals surface area contributed by atoms with Gasteiger partial charge in [-0.15, -0.1) is 0 Å². The molecule has 2 aliphatic heterocycles. The highest BCUT2D eigenvalue weighted by Gasteiger charge is 2.29. The van der Waals surface area contributed by atoms with Crippen molar-refractivity contribution in [3.05, 3.63) is 23.3 Å². The van der Waals surface area contributed by atoms with Gasteiger partial charge >= 0.3 is 0 Å². The Morgan fingerprint density at radius 1 is 1.24 bits per heavy atom. The summed E-state index contributed by atoms with van der Waals surface area (Å²) in [4.78, 5) is 16.9. The molecule has 1 N–H and O–H groups in total.